The van der Waals surface area contributed by atoms with Crippen molar-refractivity contribution >= 4 is 18.0 Å². The molecule has 0 bridgehead atoms. The van der Waals surface area contributed by atoms with Crippen molar-refractivity contribution in [3.63, 3.8) is 0 Å². The summed E-state index contributed by atoms with van der Waals surface area (Å²) in [6.07, 6.45) is 4.09. The molecule has 29 heavy (non-hydrogen) atoms. The van der Waals surface area contributed by atoms with Crippen LogP contribution in [0.25, 0.3) is 11.1 Å². The van der Waals surface area contributed by atoms with Crippen LogP contribution in [0.3, 0.4) is 0 Å². The van der Waals surface area contributed by atoms with Crippen LogP contribution < -0.4 is 0 Å². The first-order valence-corrected chi connectivity index (χ1v) is 11.4. The summed E-state index contributed by atoms with van der Waals surface area (Å²) in [5.74, 6) is 0. The monoisotopic (exact) mass is 399 g/mol. The Labute approximate surface area is 177 Å². The van der Waals surface area contributed by atoms with Gasteiger partial charge in [-0.1, -0.05) is 60.7 Å². The van der Waals surface area contributed by atoms with Crippen LogP contribution in [-0.2, 0) is 0 Å². The van der Waals surface area contributed by atoms with E-state index in [0.29, 0.717) is 6.04 Å². The van der Waals surface area contributed by atoms with Gasteiger partial charge < -0.3 is 0 Å². The third-order valence-electron chi connectivity index (χ3n) is 5.94. The molecule has 1 heterocycles. The molecule has 0 amide bonds. The Morgan fingerprint density at radius 2 is 1.38 bits per heavy atom. The summed E-state index contributed by atoms with van der Waals surface area (Å²) in [5, 5.41) is 6.93. The molecule has 0 saturated carbocycles. The van der Waals surface area contributed by atoms with Gasteiger partial charge in [-0.3, -0.25) is 9.91 Å². The third-order valence-corrected chi connectivity index (χ3v) is 6.69. The molecule has 1 aliphatic heterocycles. The maximum atomic E-state index is 4.73. The van der Waals surface area contributed by atoms with Gasteiger partial charge in [0.15, 0.2) is 0 Å². The molecule has 0 N–H and O–H groups in total. The Kier molecular flexibility index (Phi) is 5.13. The molecule has 1 fully saturated rings. The van der Waals surface area contributed by atoms with Crippen LogP contribution in [0.4, 0.5) is 0 Å². The minimum Gasteiger partial charge on any atom is -0.294 e. The highest BCUT2D eigenvalue weighted by Gasteiger charge is 2.33. The molecular formula is C25H25N3S. The minimum atomic E-state index is 0.368. The summed E-state index contributed by atoms with van der Waals surface area (Å²) >= 11 is 1.77. The molecule has 1 saturated heterocycles. The molecule has 3 aromatic rings. The van der Waals surface area contributed by atoms with E-state index in [2.05, 4.69) is 89.0 Å². The fourth-order valence-electron chi connectivity index (χ4n) is 4.45. The van der Waals surface area contributed by atoms with E-state index in [4.69, 9.17) is 5.10 Å². The summed E-state index contributed by atoms with van der Waals surface area (Å²) < 4.78 is 0. The van der Waals surface area contributed by atoms with Gasteiger partial charge in [0, 0.05) is 31.1 Å². The fraction of sp³-hybridized carbons (Fsp3) is 0.240. The molecule has 3 aromatic carbocycles. The molecule has 1 aliphatic carbocycles. The van der Waals surface area contributed by atoms with Gasteiger partial charge in [-0.2, -0.15) is 5.10 Å². The Morgan fingerprint density at radius 3 is 1.97 bits per heavy atom. The lowest BCUT2D eigenvalue weighted by molar-refractivity contribution is 0.114. The zero-order valence-electron chi connectivity index (χ0n) is 16.7. The van der Waals surface area contributed by atoms with Crippen LogP contribution in [0.1, 0.15) is 22.7 Å². The SMILES string of the molecule is CSc1ccc(/C=N\N2CCN(C3c4ccccc4-c4ccccc43)CC2)cc1. The first-order chi connectivity index (χ1) is 14.3. The topological polar surface area (TPSA) is 18.8 Å². The van der Waals surface area contributed by atoms with E-state index >= 15 is 0 Å². The van der Waals surface area contributed by atoms with Gasteiger partial charge in [0.05, 0.1) is 12.3 Å². The van der Waals surface area contributed by atoms with Crippen molar-refractivity contribution in [1.29, 1.82) is 0 Å². The van der Waals surface area contributed by atoms with Crippen LogP contribution in [0.5, 0.6) is 0 Å². The van der Waals surface area contributed by atoms with Gasteiger partial charge in [0.1, 0.15) is 0 Å². The molecule has 0 radical (unpaired) electrons. The standard InChI is InChI=1S/C25H25N3S/c1-29-20-12-10-19(11-13-20)18-26-28-16-14-27(15-17-28)25-23-8-4-2-6-21(23)22-7-3-5-9-24(22)25/h2-13,18,25H,14-17H2,1H3/b26-18-. The number of benzene rings is 3. The third kappa shape index (κ3) is 3.59. The van der Waals surface area contributed by atoms with E-state index in [0.717, 1.165) is 31.7 Å². The predicted octanol–water partition coefficient (Wildman–Crippen LogP) is 5.13. The average molecular weight is 400 g/mol. The summed E-state index contributed by atoms with van der Waals surface area (Å²) in [5.41, 5.74) is 6.83. The minimum absolute atomic E-state index is 0.368. The average Bonchev–Trinajstić information content (AvgIpc) is 3.13. The number of hydrazone groups is 1. The summed E-state index contributed by atoms with van der Waals surface area (Å²) in [6.45, 7) is 3.96. The van der Waals surface area contributed by atoms with Gasteiger partial charge in [0.2, 0.25) is 0 Å². The summed E-state index contributed by atoms with van der Waals surface area (Å²) in [7, 11) is 0. The Balaban J connectivity index is 1.29. The molecule has 146 valence electrons. The van der Waals surface area contributed by atoms with E-state index in [1.165, 1.54) is 27.1 Å². The van der Waals surface area contributed by atoms with Crippen molar-refractivity contribution < 1.29 is 0 Å². The van der Waals surface area contributed by atoms with E-state index < -0.39 is 0 Å². The number of rotatable bonds is 4. The van der Waals surface area contributed by atoms with Gasteiger partial charge in [0.25, 0.3) is 0 Å². The molecule has 0 spiro atoms. The first-order valence-electron chi connectivity index (χ1n) is 10.2. The smallest absolute Gasteiger partial charge is 0.0615 e. The van der Waals surface area contributed by atoms with Crippen LogP contribution in [-0.4, -0.2) is 48.6 Å². The maximum absolute atomic E-state index is 4.73. The van der Waals surface area contributed by atoms with Crippen molar-refractivity contribution in [3.8, 4) is 11.1 Å². The largest absolute Gasteiger partial charge is 0.294 e. The second kappa shape index (κ2) is 8.05. The van der Waals surface area contributed by atoms with Gasteiger partial charge in [-0.15, -0.1) is 11.8 Å². The molecule has 0 atom stereocenters. The lowest BCUT2D eigenvalue weighted by Crippen LogP contribution is -2.45. The predicted molar refractivity (Wildman–Crippen MR) is 123 cm³/mol. The quantitative estimate of drug-likeness (QED) is 0.448. The number of hydrogen-bond donors (Lipinski definition) is 0. The van der Waals surface area contributed by atoms with Crippen LogP contribution in [0.2, 0.25) is 0 Å². The summed E-state index contributed by atoms with van der Waals surface area (Å²) in [4.78, 5) is 3.90. The number of piperazine rings is 1. The second-order valence-electron chi connectivity index (χ2n) is 7.58. The first kappa shape index (κ1) is 18.5. The van der Waals surface area contributed by atoms with Crippen molar-refractivity contribution in [2.75, 3.05) is 32.4 Å². The number of fused-ring (bicyclic) bond motifs is 3. The molecule has 5 rings (SSSR count). The lowest BCUT2D eigenvalue weighted by atomic mass is 10.0. The molecule has 3 nitrogen and oxygen atoms in total. The molecular weight excluding hydrogens is 374 g/mol. The highest BCUT2D eigenvalue weighted by Crippen LogP contribution is 2.46. The van der Waals surface area contributed by atoms with Crippen LogP contribution in [0, 0.1) is 0 Å². The molecule has 2 aliphatic rings. The zero-order valence-corrected chi connectivity index (χ0v) is 17.5. The molecule has 4 heteroatoms. The van der Waals surface area contributed by atoms with E-state index in [-0.39, 0.29) is 0 Å². The highest BCUT2D eigenvalue weighted by atomic mass is 32.2. The van der Waals surface area contributed by atoms with E-state index in [9.17, 15) is 0 Å². The number of nitrogens with zero attached hydrogens (tertiary/aromatic N) is 3. The van der Waals surface area contributed by atoms with Crippen molar-refractivity contribution in [2.24, 2.45) is 5.10 Å². The second-order valence-corrected chi connectivity index (χ2v) is 8.46. The zero-order chi connectivity index (χ0) is 19.6. The van der Waals surface area contributed by atoms with Crippen molar-refractivity contribution in [1.82, 2.24) is 9.91 Å². The van der Waals surface area contributed by atoms with Gasteiger partial charge >= 0.3 is 0 Å². The number of thioether (sulfide) groups is 1. The molecule has 0 aromatic heterocycles. The van der Waals surface area contributed by atoms with E-state index in [1.807, 2.05) is 6.21 Å². The summed E-state index contributed by atoms with van der Waals surface area (Å²) in [6, 6.07) is 26.7. The van der Waals surface area contributed by atoms with Gasteiger partial charge in [-0.05, 0) is 46.2 Å². The van der Waals surface area contributed by atoms with Crippen LogP contribution >= 0.6 is 11.8 Å². The normalized spacial score (nSPS) is 16.9. The molecule has 0 unspecified atom stereocenters. The number of hydrogen-bond acceptors (Lipinski definition) is 4. The van der Waals surface area contributed by atoms with E-state index in [1.54, 1.807) is 11.8 Å². The van der Waals surface area contributed by atoms with Crippen molar-refractivity contribution in [3.05, 3.63) is 89.5 Å². The van der Waals surface area contributed by atoms with Crippen LogP contribution in [0.15, 0.2) is 82.8 Å². The Hall–Kier alpha value is -2.56. The van der Waals surface area contributed by atoms with Gasteiger partial charge in [-0.25, -0.2) is 0 Å². The lowest BCUT2D eigenvalue weighted by Gasteiger charge is -2.37. The Morgan fingerprint density at radius 1 is 0.793 bits per heavy atom. The Bertz CT molecular complexity index is 975. The maximum Gasteiger partial charge on any atom is 0.0615 e. The highest BCUT2D eigenvalue weighted by molar-refractivity contribution is 7.98. The fourth-order valence-corrected chi connectivity index (χ4v) is 4.85. The van der Waals surface area contributed by atoms with Crippen molar-refractivity contribution in [2.45, 2.75) is 10.9 Å².